The highest BCUT2D eigenvalue weighted by atomic mass is 32.1. The average molecular weight is 309 g/mol. The Balaban J connectivity index is 2.14. The Kier molecular flexibility index (Phi) is 5.38. The fraction of sp³-hybridized carbons (Fsp3) is 0.750. The van der Waals surface area contributed by atoms with Gasteiger partial charge in [0.05, 0.1) is 10.7 Å². The lowest BCUT2D eigenvalue weighted by atomic mass is 10.1. The molecule has 0 saturated carbocycles. The number of rotatable bonds is 4. The Hall–Kier alpha value is -0.940. The summed E-state index contributed by atoms with van der Waals surface area (Å²) in [6, 6.07) is 1.02. The van der Waals surface area contributed by atoms with Gasteiger partial charge in [-0.3, -0.25) is 9.69 Å². The zero-order chi connectivity index (χ0) is 15.6. The van der Waals surface area contributed by atoms with Crippen molar-refractivity contribution in [2.45, 2.75) is 59.5 Å². The van der Waals surface area contributed by atoms with E-state index in [0.29, 0.717) is 12.1 Å². The maximum absolute atomic E-state index is 12.8. The van der Waals surface area contributed by atoms with Crippen LogP contribution in [0.4, 0.5) is 0 Å². The normalized spacial score (nSPS) is 20.3. The largest absolute Gasteiger partial charge is 0.335 e. The molecule has 2 heterocycles. The van der Waals surface area contributed by atoms with Crippen LogP contribution < -0.4 is 0 Å². The number of carbonyl (C=O) groups excluding carboxylic acids is 1. The Morgan fingerprint density at radius 2 is 2.10 bits per heavy atom. The van der Waals surface area contributed by atoms with Crippen molar-refractivity contribution >= 4 is 17.2 Å². The van der Waals surface area contributed by atoms with E-state index in [4.69, 9.17) is 0 Å². The molecule has 1 atom stereocenters. The predicted molar refractivity (Wildman–Crippen MR) is 88.1 cm³/mol. The van der Waals surface area contributed by atoms with Gasteiger partial charge in [-0.1, -0.05) is 13.8 Å². The SMILES string of the molecule is CCc1nc(C)sc1C(=O)N1CCN(C(C)C)[C@H](CC)C1. The van der Waals surface area contributed by atoms with Crippen LogP contribution >= 0.6 is 11.3 Å². The molecule has 0 unspecified atom stereocenters. The number of nitrogens with zero attached hydrogens (tertiary/aromatic N) is 3. The number of aryl methyl sites for hydroxylation is 2. The standard InChI is InChI=1S/C16H27N3OS/c1-6-13-10-18(8-9-19(13)11(3)4)16(20)15-14(7-2)17-12(5)21-15/h11,13H,6-10H2,1-5H3/t13-/m1/s1. The molecule has 1 aromatic heterocycles. The van der Waals surface area contributed by atoms with Crippen molar-refractivity contribution in [2.75, 3.05) is 19.6 Å². The number of amides is 1. The van der Waals surface area contributed by atoms with Crippen molar-refractivity contribution in [3.05, 3.63) is 15.6 Å². The Morgan fingerprint density at radius 3 is 2.67 bits per heavy atom. The van der Waals surface area contributed by atoms with E-state index in [-0.39, 0.29) is 5.91 Å². The molecule has 1 aliphatic heterocycles. The number of thiazole rings is 1. The van der Waals surface area contributed by atoms with Crippen LogP contribution in [0.15, 0.2) is 0 Å². The third-order valence-electron chi connectivity index (χ3n) is 4.28. The average Bonchev–Trinajstić information content (AvgIpc) is 2.86. The van der Waals surface area contributed by atoms with Crippen LogP contribution in [0.1, 0.15) is 54.5 Å². The van der Waals surface area contributed by atoms with Gasteiger partial charge in [-0.05, 0) is 33.6 Å². The van der Waals surface area contributed by atoms with E-state index < -0.39 is 0 Å². The fourth-order valence-electron chi connectivity index (χ4n) is 3.12. The summed E-state index contributed by atoms with van der Waals surface area (Å²) < 4.78 is 0. The van der Waals surface area contributed by atoms with E-state index >= 15 is 0 Å². The first-order valence-electron chi connectivity index (χ1n) is 7.99. The molecule has 2 rings (SSSR count). The number of hydrogen-bond donors (Lipinski definition) is 0. The third-order valence-corrected chi connectivity index (χ3v) is 5.28. The van der Waals surface area contributed by atoms with Crippen LogP contribution in [0.5, 0.6) is 0 Å². The van der Waals surface area contributed by atoms with Crippen LogP contribution in [0.3, 0.4) is 0 Å². The molecule has 1 fully saturated rings. The highest BCUT2D eigenvalue weighted by Gasteiger charge is 2.31. The van der Waals surface area contributed by atoms with Crippen molar-refractivity contribution in [1.29, 1.82) is 0 Å². The zero-order valence-corrected chi connectivity index (χ0v) is 14.7. The highest BCUT2D eigenvalue weighted by Crippen LogP contribution is 2.23. The van der Waals surface area contributed by atoms with Gasteiger partial charge < -0.3 is 4.90 Å². The first kappa shape index (κ1) is 16.4. The second kappa shape index (κ2) is 6.88. The molecule has 0 radical (unpaired) electrons. The van der Waals surface area contributed by atoms with Gasteiger partial charge in [-0.2, -0.15) is 0 Å². The number of hydrogen-bond acceptors (Lipinski definition) is 4. The lowest BCUT2D eigenvalue weighted by Crippen LogP contribution is -2.56. The molecule has 4 nitrogen and oxygen atoms in total. The summed E-state index contributed by atoms with van der Waals surface area (Å²) in [4.78, 5) is 22.7. The second-order valence-corrected chi connectivity index (χ2v) is 7.21. The molecular weight excluding hydrogens is 282 g/mol. The van der Waals surface area contributed by atoms with Crippen molar-refractivity contribution < 1.29 is 4.79 Å². The minimum Gasteiger partial charge on any atom is -0.335 e. The van der Waals surface area contributed by atoms with E-state index in [1.165, 1.54) is 0 Å². The molecule has 5 heteroatoms. The van der Waals surface area contributed by atoms with Gasteiger partial charge in [0.15, 0.2) is 0 Å². The summed E-state index contributed by atoms with van der Waals surface area (Å²) >= 11 is 1.54. The molecule has 1 aromatic rings. The Labute approximate surface area is 132 Å². The van der Waals surface area contributed by atoms with E-state index in [1.807, 2.05) is 11.8 Å². The van der Waals surface area contributed by atoms with Gasteiger partial charge in [0, 0.05) is 31.7 Å². The lowest BCUT2D eigenvalue weighted by Gasteiger charge is -2.43. The molecule has 0 aliphatic carbocycles. The predicted octanol–water partition coefficient (Wildman–Crippen LogP) is 2.96. The minimum atomic E-state index is 0.180. The second-order valence-electron chi connectivity index (χ2n) is 6.01. The molecule has 0 bridgehead atoms. The summed E-state index contributed by atoms with van der Waals surface area (Å²) in [5.74, 6) is 0.180. The van der Waals surface area contributed by atoms with Crippen molar-refractivity contribution in [3.63, 3.8) is 0 Å². The lowest BCUT2D eigenvalue weighted by molar-refractivity contribution is 0.0374. The van der Waals surface area contributed by atoms with E-state index in [2.05, 4.69) is 37.6 Å². The summed E-state index contributed by atoms with van der Waals surface area (Å²) in [6.07, 6.45) is 1.92. The fourth-order valence-corrected chi connectivity index (χ4v) is 4.09. The summed E-state index contributed by atoms with van der Waals surface area (Å²) in [5.41, 5.74) is 0.960. The highest BCUT2D eigenvalue weighted by molar-refractivity contribution is 7.13. The zero-order valence-electron chi connectivity index (χ0n) is 13.8. The van der Waals surface area contributed by atoms with Crippen molar-refractivity contribution in [1.82, 2.24) is 14.8 Å². The minimum absolute atomic E-state index is 0.180. The van der Waals surface area contributed by atoms with Crippen molar-refractivity contribution in [3.8, 4) is 0 Å². The molecule has 1 amide bonds. The van der Waals surface area contributed by atoms with Gasteiger partial charge in [0.25, 0.3) is 5.91 Å². The molecule has 1 aliphatic rings. The monoisotopic (exact) mass is 309 g/mol. The molecule has 0 spiro atoms. The molecule has 118 valence electrons. The first-order valence-corrected chi connectivity index (χ1v) is 8.80. The third kappa shape index (κ3) is 3.46. The van der Waals surface area contributed by atoms with E-state index in [9.17, 15) is 4.79 Å². The maximum Gasteiger partial charge on any atom is 0.265 e. The number of piperazine rings is 1. The summed E-state index contributed by atoms with van der Waals surface area (Å²) in [5, 5.41) is 0.989. The molecule has 1 saturated heterocycles. The van der Waals surface area contributed by atoms with Crippen LogP contribution in [0.25, 0.3) is 0 Å². The molecular formula is C16H27N3OS. The molecule has 0 aromatic carbocycles. The van der Waals surface area contributed by atoms with Crippen molar-refractivity contribution in [2.24, 2.45) is 0 Å². The van der Waals surface area contributed by atoms with Gasteiger partial charge >= 0.3 is 0 Å². The molecule has 21 heavy (non-hydrogen) atoms. The van der Waals surface area contributed by atoms with Crippen LogP contribution in [-0.4, -0.2) is 52.4 Å². The topological polar surface area (TPSA) is 36.4 Å². The number of aromatic nitrogens is 1. The van der Waals surface area contributed by atoms with E-state index in [0.717, 1.165) is 48.1 Å². The first-order chi connectivity index (χ1) is 9.97. The van der Waals surface area contributed by atoms with Gasteiger partial charge in [0.2, 0.25) is 0 Å². The molecule has 0 N–H and O–H groups in total. The number of carbonyl (C=O) groups is 1. The quantitative estimate of drug-likeness (QED) is 0.858. The van der Waals surface area contributed by atoms with Gasteiger partial charge in [-0.25, -0.2) is 4.98 Å². The van der Waals surface area contributed by atoms with E-state index in [1.54, 1.807) is 11.3 Å². The van der Waals surface area contributed by atoms with Crippen LogP contribution in [0, 0.1) is 6.92 Å². The smallest absolute Gasteiger partial charge is 0.265 e. The summed E-state index contributed by atoms with van der Waals surface area (Å²) in [7, 11) is 0. The van der Waals surface area contributed by atoms with Gasteiger partial charge in [-0.15, -0.1) is 11.3 Å². The Bertz CT molecular complexity index is 498. The summed E-state index contributed by atoms with van der Waals surface area (Å²) in [6.45, 7) is 13.4. The Morgan fingerprint density at radius 1 is 1.38 bits per heavy atom. The van der Waals surface area contributed by atoms with Crippen LogP contribution in [0.2, 0.25) is 0 Å². The maximum atomic E-state index is 12.8. The van der Waals surface area contributed by atoms with Gasteiger partial charge in [0.1, 0.15) is 4.88 Å². The van der Waals surface area contributed by atoms with Crippen LogP contribution in [-0.2, 0) is 6.42 Å².